The van der Waals surface area contributed by atoms with Gasteiger partial charge in [-0.05, 0) is 13.0 Å². The van der Waals surface area contributed by atoms with Gasteiger partial charge in [0.1, 0.15) is 12.4 Å². The number of nitrogens with zero attached hydrogens (tertiary/aromatic N) is 3. The third-order valence-electron chi connectivity index (χ3n) is 3.52. The molecule has 0 spiro atoms. The molecule has 1 aromatic carbocycles. The first kappa shape index (κ1) is 15.7. The number of aromatic amines is 1. The van der Waals surface area contributed by atoms with Crippen LogP contribution in [-0.4, -0.2) is 25.7 Å². The number of rotatable bonds is 5. The minimum atomic E-state index is -0.320. The molecule has 1 amide bonds. The summed E-state index contributed by atoms with van der Waals surface area (Å²) in [7, 11) is 0. The molecule has 3 rings (SSSR count). The van der Waals surface area contributed by atoms with E-state index in [1.807, 2.05) is 31.2 Å². The van der Waals surface area contributed by atoms with Gasteiger partial charge in [0.15, 0.2) is 0 Å². The number of carbonyl (C=O) groups excluding carboxylic acids is 1. The maximum atomic E-state index is 12.0. The summed E-state index contributed by atoms with van der Waals surface area (Å²) in [6.45, 7) is 2.14. The lowest BCUT2D eigenvalue weighted by Crippen LogP contribution is -2.33. The van der Waals surface area contributed by atoms with Crippen molar-refractivity contribution in [3.8, 4) is 11.3 Å². The smallest absolute Gasteiger partial charge is 0.267 e. The van der Waals surface area contributed by atoms with E-state index in [1.165, 1.54) is 6.07 Å². The highest BCUT2D eigenvalue weighted by atomic mass is 16.2. The van der Waals surface area contributed by atoms with Crippen molar-refractivity contribution in [1.82, 2.24) is 25.1 Å². The lowest BCUT2D eigenvalue weighted by Gasteiger charge is -2.08. The average Bonchev–Trinajstić information content (AvgIpc) is 3.09. The Balaban J connectivity index is 1.73. The molecule has 7 nitrogen and oxygen atoms in total. The Morgan fingerprint density at radius 1 is 1.21 bits per heavy atom. The quantitative estimate of drug-likeness (QED) is 0.739. The van der Waals surface area contributed by atoms with Crippen molar-refractivity contribution in [3.63, 3.8) is 0 Å². The number of nitrogens with one attached hydrogen (secondary N) is 2. The van der Waals surface area contributed by atoms with Crippen LogP contribution in [0.3, 0.4) is 0 Å². The van der Waals surface area contributed by atoms with Gasteiger partial charge in [0.05, 0.1) is 12.2 Å². The van der Waals surface area contributed by atoms with Crippen LogP contribution in [0.5, 0.6) is 0 Å². The second kappa shape index (κ2) is 6.91. The van der Waals surface area contributed by atoms with Gasteiger partial charge in [0, 0.05) is 24.0 Å². The van der Waals surface area contributed by atoms with E-state index >= 15 is 0 Å². The van der Waals surface area contributed by atoms with Crippen LogP contribution < -0.4 is 10.9 Å². The van der Waals surface area contributed by atoms with Crippen LogP contribution in [0.2, 0.25) is 0 Å². The molecule has 2 heterocycles. The van der Waals surface area contributed by atoms with Gasteiger partial charge in [-0.3, -0.25) is 9.59 Å². The Kier molecular flexibility index (Phi) is 4.51. The second-order valence-corrected chi connectivity index (χ2v) is 5.39. The third-order valence-corrected chi connectivity index (χ3v) is 3.52. The second-order valence-electron chi connectivity index (χ2n) is 5.39. The maximum Gasteiger partial charge on any atom is 0.267 e. The molecule has 0 aliphatic rings. The molecule has 0 saturated carbocycles. The van der Waals surface area contributed by atoms with Crippen molar-refractivity contribution in [3.05, 3.63) is 70.5 Å². The molecule has 122 valence electrons. The largest absolute Gasteiger partial charge is 0.347 e. The predicted octanol–water partition coefficient (Wildman–Crippen LogP) is 1.26. The number of carbonyl (C=O) groups is 1. The van der Waals surface area contributed by atoms with Gasteiger partial charge in [0.25, 0.3) is 5.56 Å². The number of benzene rings is 1. The van der Waals surface area contributed by atoms with E-state index in [0.717, 1.165) is 15.8 Å². The van der Waals surface area contributed by atoms with Gasteiger partial charge in [0.2, 0.25) is 5.91 Å². The van der Waals surface area contributed by atoms with Crippen molar-refractivity contribution in [2.45, 2.75) is 20.0 Å². The summed E-state index contributed by atoms with van der Waals surface area (Å²) in [5, 5.41) is 6.97. The molecule has 0 atom stereocenters. The number of hydrogen-bond acceptors (Lipinski definition) is 4. The van der Waals surface area contributed by atoms with Crippen molar-refractivity contribution in [2.24, 2.45) is 0 Å². The first-order valence-electron chi connectivity index (χ1n) is 7.52. The first-order valence-corrected chi connectivity index (χ1v) is 7.52. The van der Waals surface area contributed by atoms with E-state index in [2.05, 4.69) is 20.4 Å². The zero-order chi connectivity index (χ0) is 16.9. The highest BCUT2D eigenvalue weighted by Gasteiger charge is 2.08. The van der Waals surface area contributed by atoms with Gasteiger partial charge in [-0.2, -0.15) is 5.10 Å². The standard InChI is InChI=1S/C17H17N5O2/c1-12-2-4-13(5-3-12)14-6-7-17(24)22(21-14)11-16(23)20-10-15-18-8-9-19-15/h2-9H,10-11H2,1H3,(H,18,19)(H,20,23). The van der Waals surface area contributed by atoms with Crippen LogP contribution in [0.1, 0.15) is 11.4 Å². The molecular formula is C17H17N5O2. The molecule has 2 N–H and O–H groups in total. The molecular weight excluding hydrogens is 306 g/mol. The molecule has 0 unspecified atom stereocenters. The molecule has 7 heteroatoms. The predicted molar refractivity (Wildman–Crippen MR) is 89.1 cm³/mol. The minimum Gasteiger partial charge on any atom is -0.347 e. The van der Waals surface area contributed by atoms with E-state index in [1.54, 1.807) is 18.5 Å². The molecule has 0 aliphatic heterocycles. The Bertz CT molecular complexity index is 882. The number of hydrogen-bond donors (Lipinski definition) is 2. The highest BCUT2D eigenvalue weighted by Crippen LogP contribution is 2.15. The summed E-state index contributed by atoms with van der Waals surface area (Å²) < 4.78 is 1.16. The van der Waals surface area contributed by atoms with Gasteiger partial charge in [-0.25, -0.2) is 9.67 Å². The molecule has 0 aliphatic carbocycles. The highest BCUT2D eigenvalue weighted by molar-refractivity contribution is 5.75. The lowest BCUT2D eigenvalue weighted by atomic mass is 10.1. The summed E-state index contributed by atoms with van der Waals surface area (Å²) in [6.07, 6.45) is 3.29. The number of H-pyrrole nitrogens is 1. The van der Waals surface area contributed by atoms with Crippen molar-refractivity contribution in [2.75, 3.05) is 0 Å². The third kappa shape index (κ3) is 3.75. The molecule has 0 radical (unpaired) electrons. The fourth-order valence-electron chi connectivity index (χ4n) is 2.21. The van der Waals surface area contributed by atoms with Gasteiger partial charge < -0.3 is 10.3 Å². The van der Waals surface area contributed by atoms with E-state index in [9.17, 15) is 9.59 Å². The molecule has 0 saturated heterocycles. The minimum absolute atomic E-state index is 0.140. The van der Waals surface area contributed by atoms with Gasteiger partial charge >= 0.3 is 0 Å². The molecule has 24 heavy (non-hydrogen) atoms. The monoisotopic (exact) mass is 323 g/mol. The topological polar surface area (TPSA) is 92.7 Å². The van der Waals surface area contributed by atoms with Crippen LogP contribution in [-0.2, 0) is 17.9 Å². The van der Waals surface area contributed by atoms with Gasteiger partial charge in [-0.15, -0.1) is 0 Å². The van der Waals surface area contributed by atoms with E-state index in [4.69, 9.17) is 0 Å². The van der Waals surface area contributed by atoms with E-state index in [0.29, 0.717) is 11.5 Å². The molecule has 3 aromatic rings. The first-order chi connectivity index (χ1) is 11.6. The zero-order valence-electron chi connectivity index (χ0n) is 13.2. The summed E-state index contributed by atoms with van der Waals surface area (Å²) >= 11 is 0. The van der Waals surface area contributed by atoms with Crippen molar-refractivity contribution < 1.29 is 4.79 Å². The molecule has 0 bridgehead atoms. The number of aryl methyl sites for hydroxylation is 1. The Hall–Kier alpha value is -3.22. The van der Waals surface area contributed by atoms with Crippen LogP contribution in [0.4, 0.5) is 0 Å². The Morgan fingerprint density at radius 3 is 2.71 bits per heavy atom. The summed E-state index contributed by atoms with van der Waals surface area (Å²) in [5.41, 5.74) is 2.36. The fourth-order valence-corrected chi connectivity index (χ4v) is 2.21. The molecule has 2 aromatic heterocycles. The fraction of sp³-hybridized carbons (Fsp3) is 0.176. The summed E-state index contributed by atoms with van der Waals surface area (Å²) in [6, 6.07) is 10.9. The van der Waals surface area contributed by atoms with E-state index in [-0.39, 0.29) is 24.6 Å². The zero-order valence-corrected chi connectivity index (χ0v) is 13.2. The van der Waals surface area contributed by atoms with E-state index < -0.39 is 0 Å². The van der Waals surface area contributed by atoms with Crippen LogP contribution in [0.15, 0.2) is 53.6 Å². The Labute approximate surface area is 138 Å². The van der Waals surface area contributed by atoms with Gasteiger partial charge in [-0.1, -0.05) is 29.8 Å². The normalized spacial score (nSPS) is 10.5. The maximum absolute atomic E-state index is 12.0. The SMILES string of the molecule is Cc1ccc(-c2ccc(=O)n(CC(=O)NCc3ncc[nH]3)n2)cc1. The van der Waals surface area contributed by atoms with Crippen molar-refractivity contribution in [1.29, 1.82) is 0 Å². The summed E-state index contributed by atoms with van der Waals surface area (Å²) in [4.78, 5) is 30.8. The molecule has 0 fully saturated rings. The lowest BCUT2D eigenvalue weighted by molar-refractivity contribution is -0.122. The van der Waals surface area contributed by atoms with Crippen molar-refractivity contribution >= 4 is 5.91 Å². The van der Waals surface area contributed by atoms with Crippen LogP contribution >= 0.6 is 0 Å². The number of amides is 1. The van der Waals surface area contributed by atoms with Crippen LogP contribution in [0.25, 0.3) is 11.3 Å². The summed E-state index contributed by atoms with van der Waals surface area (Å²) in [5.74, 6) is 0.346. The van der Waals surface area contributed by atoms with Crippen LogP contribution in [0, 0.1) is 6.92 Å². The number of imidazole rings is 1. The Morgan fingerprint density at radius 2 is 2.00 bits per heavy atom. The average molecular weight is 323 g/mol. The number of aromatic nitrogens is 4.